The molecule has 0 aliphatic carbocycles. The molecule has 1 atom stereocenters. The van der Waals surface area contributed by atoms with Gasteiger partial charge in [-0.05, 0) is 23.3 Å². The first-order chi connectivity index (χ1) is 11.7. The summed E-state index contributed by atoms with van der Waals surface area (Å²) < 4.78 is 12.7. The van der Waals surface area contributed by atoms with Gasteiger partial charge in [0.15, 0.2) is 0 Å². The molecular formula is C19H21N3O2. The number of ether oxygens (including phenoxy) is 2. The molecule has 5 heteroatoms. The van der Waals surface area contributed by atoms with Gasteiger partial charge in [0, 0.05) is 25.0 Å². The lowest BCUT2D eigenvalue weighted by Crippen LogP contribution is -2.18. The van der Waals surface area contributed by atoms with Crippen LogP contribution in [0.4, 0.5) is 0 Å². The lowest BCUT2D eigenvalue weighted by molar-refractivity contribution is 0.393. The molecule has 5 nitrogen and oxygen atoms in total. The van der Waals surface area contributed by atoms with Gasteiger partial charge in [-0.15, -0.1) is 0 Å². The number of benzene rings is 2. The summed E-state index contributed by atoms with van der Waals surface area (Å²) in [5.74, 6) is 2.22. The van der Waals surface area contributed by atoms with Crippen molar-refractivity contribution in [3.63, 3.8) is 0 Å². The molecule has 2 N–H and O–H groups in total. The molecule has 0 aliphatic rings. The van der Waals surface area contributed by atoms with Crippen molar-refractivity contribution in [3.05, 3.63) is 77.9 Å². The summed E-state index contributed by atoms with van der Waals surface area (Å²) in [4.78, 5) is 4.46. The minimum absolute atomic E-state index is 0.368. The van der Waals surface area contributed by atoms with E-state index in [-0.39, 0.29) is 6.04 Å². The molecule has 2 aromatic carbocycles. The Morgan fingerprint density at radius 2 is 1.71 bits per heavy atom. The van der Waals surface area contributed by atoms with Gasteiger partial charge >= 0.3 is 0 Å². The normalized spacial score (nSPS) is 12.0. The molecule has 0 fully saturated rings. The summed E-state index contributed by atoms with van der Waals surface area (Å²) in [6.45, 7) is 0.727. The third-order valence-electron chi connectivity index (χ3n) is 3.95. The second-order valence-electron chi connectivity index (χ2n) is 5.52. The highest BCUT2D eigenvalue weighted by atomic mass is 16.5. The lowest BCUT2D eigenvalue weighted by Gasteiger charge is -2.16. The van der Waals surface area contributed by atoms with Crippen LogP contribution in [0.3, 0.4) is 0 Å². The molecule has 0 radical (unpaired) electrons. The Balaban J connectivity index is 1.91. The van der Waals surface area contributed by atoms with E-state index in [1.54, 1.807) is 20.4 Å². The SMILES string of the molecule is COc1cc(OC)cc(C(N)c2nccn2Cc2ccccc2)c1. The first kappa shape index (κ1) is 16.1. The highest BCUT2D eigenvalue weighted by molar-refractivity contribution is 5.41. The number of aromatic nitrogens is 2. The van der Waals surface area contributed by atoms with Gasteiger partial charge in [-0.2, -0.15) is 0 Å². The van der Waals surface area contributed by atoms with Crippen molar-refractivity contribution in [2.24, 2.45) is 5.73 Å². The van der Waals surface area contributed by atoms with Gasteiger partial charge in [-0.25, -0.2) is 4.98 Å². The van der Waals surface area contributed by atoms with E-state index in [2.05, 4.69) is 21.7 Å². The summed E-state index contributed by atoms with van der Waals surface area (Å²) in [7, 11) is 3.25. The fourth-order valence-corrected chi connectivity index (χ4v) is 2.67. The van der Waals surface area contributed by atoms with Crippen LogP contribution in [0.2, 0.25) is 0 Å². The van der Waals surface area contributed by atoms with Crippen LogP contribution in [0.25, 0.3) is 0 Å². The van der Waals surface area contributed by atoms with Crippen molar-refractivity contribution in [2.45, 2.75) is 12.6 Å². The smallest absolute Gasteiger partial charge is 0.130 e. The minimum Gasteiger partial charge on any atom is -0.497 e. The number of hydrogen-bond acceptors (Lipinski definition) is 4. The zero-order valence-corrected chi connectivity index (χ0v) is 13.8. The van der Waals surface area contributed by atoms with Gasteiger partial charge in [0.05, 0.1) is 20.3 Å². The maximum atomic E-state index is 6.47. The standard InChI is InChI=1S/C19H21N3O2/c1-23-16-10-15(11-17(12-16)24-2)18(20)19-21-8-9-22(19)13-14-6-4-3-5-7-14/h3-12,18H,13,20H2,1-2H3. The van der Waals surface area contributed by atoms with Crippen LogP contribution in [0.5, 0.6) is 11.5 Å². The minimum atomic E-state index is -0.368. The topological polar surface area (TPSA) is 62.3 Å². The predicted molar refractivity (Wildman–Crippen MR) is 93.3 cm³/mol. The summed E-state index contributed by atoms with van der Waals surface area (Å²) in [6, 6.07) is 15.5. The number of nitrogens with two attached hydrogens (primary N) is 1. The molecule has 24 heavy (non-hydrogen) atoms. The summed E-state index contributed by atoms with van der Waals surface area (Å²) >= 11 is 0. The molecule has 124 valence electrons. The average molecular weight is 323 g/mol. The van der Waals surface area contributed by atoms with E-state index >= 15 is 0 Å². The molecule has 0 bridgehead atoms. The van der Waals surface area contributed by atoms with E-state index < -0.39 is 0 Å². The van der Waals surface area contributed by atoms with Crippen molar-refractivity contribution in [1.82, 2.24) is 9.55 Å². The van der Waals surface area contributed by atoms with Crippen molar-refractivity contribution in [3.8, 4) is 11.5 Å². The van der Waals surface area contributed by atoms with E-state index in [9.17, 15) is 0 Å². The Labute approximate surface area is 141 Å². The van der Waals surface area contributed by atoms with E-state index in [0.717, 1.165) is 17.9 Å². The van der Waals surface area contributed by atoms with Crippen LogP contribution in [-0.4, -0.2) is 23.8 Å². The van der Waals surface area contributed by atoms with Gasteiger partial charge in [0.1, 0.15) is 17.3 Å². The average Bonchev–Trinajstić information content (AvgIpc) is 3.09. The first-order valence-electron chi connectivity index (χ1n) is 7.74. The Morgan fingerprint density at radius 1 is 1.04 bits per heavy atom. The Hall–Kier alpha value is -2.79. The molecule has 1 heterocycles. The molecule has 1 unspecified atom stereocenters. The van der Waals surface area contributed by atoms with Crippen LogP contribution < -0.4 is 15.2 Å². The molecule has 0 aliphatic heterocycles. The number of imidazole rings is 1. The van der Waals surface area contributed by atoms with Crippen molar-refractivity contribution < 1.29 is 9.47 Å². The van der Waals surface area contributed by atoms with E-state index in [0.29, 0.717) is 11.5 Å². The summed E-state index contributed by atoms with van der Waals surface area (Å²) in [5, 5.41) is 0. The Kier molecular flexibility index (Phi) is 4.82. The predicted octanol–water partition coefficient (Wildman–Crippen LogP) is 3.00. The third-order valence-corrected chi connectivity index (χ3v) is 3.95. The molecular weight excluding hydrogens is 302 g/mol. The highest BCUT2D eigenvalue weighted by Gasteiger charge is 2.17. The van der Waals surface area contributed by atoms with Gasteiger partial charge < -0.3 is 19.8 Å². The third kappa shape index (κ3) is 3.41. The van der Waals surface area contributed by atoms with Crippen LogP contribution in [-0.2, 0) is 6.54 Å². The second-order valence-corrected chi connectivity index (χ2v) is 5.52. The molecule has 1 aromatic heterocycles. The van der Waals surface area contributed by atoms with Gasteiger partial charge in [0.25, 0.3) is 0 Å². The monoisotopic (exact) mass is 323 g/mol. The lowest BCUT2D eigenvalue weighted by atomic mass is 10.1. The Bertz CT molecular complexity index is 777. The summed E-state index contributed by atoms with van der Waals surface area (Å²) in [6.07, 6.45) is 3.72. The number of rotatable bonds is 6. The first-order valence-corrected chi connectivity index (χ1v) is 7.74. The molecule has 0 saturated heterocycles. The zero-order valence-electron chi connectivity index (χ0n) is 13.8. The molecule has 0 saturated carbocycles. The summed E-state index contributed by atoms with van der Waals surface area (Å²) in [5.41, 5.74) is 8.56. The van der Waals surface area contributed by atoms with E-state index in [1.165, 1.54) is 5.56 Å². The maximum absolute atomic E-state index is 6.47. The van der Waals surface area contributed by atoms with Crippen LogP contribution >= 0.6 is 0 Å². The van der Waals surface area contributed by atoms with Gasteiger partial charge in [0.2, 0.25) is 0 Å². The molecule has 3 rings (SSSR count). The van der Waals surface area contributed by atoms with Gasteiger partial charge in [-0.3, -0.25) is 0 Å². The fraction of sp³-hybridized carbons (Fsp3) is 0.211. The highest BCUT2D eigenvalue weighted by Crippen LogP contribution is 2.28. The van der Waals surface area contributed by atoms with Crippen LogP contribution in [0.15, 0.2) is 60.9 Å². The van der Waals surface area contributed by atoms with Crippen molar-refractivity contribution in [1.29, 1.82) is 0 Å². The number of hydrogen-bond donors (Lipinski definition) is 1. The zero-order chi connectivity index (χ0) is 16.9. The van der Waals surface area contributed by atoms with Crippen LogP contribution in [0, 0.1) is 0 Å². The fourth-order valence-electron chi connectivity index (χ4n) is 2.67. The van der Waals surface area contributed by atoms with Crippen molar-refractivity contribution >= 4 is 0 Å². The molecule has 0 amide bonds. The second kappa shape index (κ2) is 7.19. The quantitative estimate of drug-likeness (QED) is 0.757. The maximum Gasteiger partial charge on any atom is 0.130 e. The largest absolute Gasteiger partial charge is 0.497 e. The van der Waals surface area contributed by atoms with Crippen molar-refractivity contribution in [2.75, 3.05) is 14.2 Å². The van der Waals surface area contributed by atoms with Crippen LogP contribution in [0.1, 0.15) is 23.0 Å². The molecule has 0 spiro atoms. The number of nitrogens with zero attached hydrogens (tertiary/aromatic N) is 2. The van der Waals surface area contributed by atoms with E-state index in [1.807, 2.05) is 42.6 Å². The number of methoxy groups -OCH3 is 2. The van der Waals surface area contributed by atoms with Gasteiger partial charge in [-0.1, -0.05) is 30.3 Å². The van der Waals surface area contributed by atoms with E-state index in [4.69, 9.17) is 15.2 Å². The molecule has 3 aromatic rings. The Morgan fingerprint density at radius 3 is 2.33 bits per heavy atom.